The summed E-state index contributed by atoms with van der Waals surface area (Å²) in [4.78, 5) is 13.5. The van der Waals surface area contributed by atoms with Crippen LogP contribution in [0.2, 0.25) is 0 Å². The van der Waals surface area contributed by atoms with Crippen molar-refractivity contribution in [3.05, 3.63) is 0 Å². The second kappa shape index (κ2) is 8.12. The third-order valence-electron chi connectivity index (χ3n) is 2.62. The Labute approximate surface area is 98.2 Å². The minimum Gasteiger partial charge on any atom is -0.382 e. The summed E-state index contributed by atoms with van der Waals surface area (Å²) in [6.45, 7) is 6.89. The average Bonchev–Trinajstić information content (AvgIpc) is 2.31. The standard InChI is InChI=1S/C12H22N2O2/c1-5-14(9-10(2)8-13)12(15)7-6-11(3)16-4/h10-11H,5-7,9H2,1-4H3. The lowest BCUT2D eigenvalue weighted by atomic mass is 10.1. The average molecular weight is 226 g/mol. The van der Waals surface area contributed by atoms with Crippen molar-refractivity contribution >= 4 is 5.91 Å². The molecule has 0 aliphatic rings. The Kier molecular flexibility index (Phi) is 7.57. The first-order chi connectivity index (χ1) is 7.54. The van der Waals surface area contributed by atoms with E-state index in [4.69, 9.17) is 10.00 Å². The Morgan fingerprint density at radius 3 is 2.56 bits per heavy atom. The maximum absolute atomic E-state index is 11.8. The van der Waals surface area contributed by atoms with Gasteiger partial charge in [0.2, 0.25) is 5.91 Å². The van der Waals surface area contributed by atoms with Crippen LogP contribution in [0.15, 0.2) is 0 Å². The molecule has 1 amide bonds. The Morgan fingerprint density at radius 1 is 1.50 bits per heavy atom. The fraction of sp³-hybridized carbons (Fsp3) is 0.833. The van der Waals surface area contributed by atoms with E-state index in [2.05, 4.69) is 6.07 Å². The van der Waals surface area contributed by atoms with E-state index in [1.807, 2.05) is 20.8 Å². The first-order valence-electron chi connectivity index (χ1n) is 5.75. The van der Waals surface area contributed by atoms with E-state index < -0.39 is 0 Å². The van der Waals surface area contributed by atoms with Gasteiger partial charge in [0.25, 0.3) is 0 Å². The molecule has 0 fully saturated rings. The molecule has 92 valence electrons. The minimum absolute atomic E-state index is 0.105. The molecule has 0 aromatic carbocycles. The molecule has 0 N–H and O–H groups in total. The van der Waals surface area contributed by atoms with Gasteiger partial charge in [0.1, 0.15) is 0 Å². The van der Waals surface area contributed by atoms with Gasteiger partial charge in [-0.1, -0.05) is 0 Å². The van der Waals surface area contributed by atoms with Crippen molar-refractivity contribution in [3.63, 3.8) is 0 Å². The van der Waals surface area contributed by atoms with Crippen molar-refractivity contribution in [2.45, 2.75) is 39.7 Å². The van der Waals surface area contributed by atoms with Gasteiger partial charge in [-0.15, -0.1) is 0 Å². The molecule has 0 radical (unpaired) electrons. The first kappa shape index (κ1) is 14.9. The molecule has 0 aromatic heterocycles. The molecule has 2 atom stereocenters. The van der Waals surface area contributed by atoms with Crippen LogP contribution in [0.3, 0.4) is 0 Å². The van der Waals surface area contributed by atoms with Gasteiger partial charge in [-0.3, -0.25) is 4.79 Å². The van der Waals surface area contributed by atoms with Crippen LogP contribution in [0.5, 0.6) is 0 Å². The van der Waals surface area contributed by atoms with E-state index in [1.54, 1.807) is 12.0 Å². The van der Waals surface area contributed by atoms with E-state index in [-0.39, 0.29) is 17.9 Å². The predicted octanol–water partition coefficient (Wildman–Crippen LogP) is 1.81. The van der Waals surface area contributed by atoms with E-state index in [1.165, 1.54) is 0 Å². The highest BCUT2D eigenvalue weighted by Crippen LogP contribution is 2.06. The van der Waals surface area contributed by atoms with Gasteiger partial charge in [0, 0.05) is 26.6 Å². The molecule has 0 saturated carbocycles. The lowest BCUT2D eigenvalue weighted by molar-refractivity contribution is -0.132. The van der Waals surface area contributed by atoms with Crippen molar-refractivity contribution in [2.24, 2.45) is 5.92 Å². The Bertz CT molecular complexity index is 248. The summed E-state index contributed by atoms with van der Waals surface area (Å²) in [7, 11) is 1.64. The van der Waals surface area contributed by atoms with Crippen LogP contribution >= 0.6 is 0 Å². The van der Waals surface area contributed by atoms with Gasteiger partial charge in [0.15, 0.2) is 0 Å². The third-order valence-corrected chi connectivity index (χ3v) is 2.62. The van der Waals surface area contributed by atoms with E-state index >= 15 is 0 Å². The fourth-order valence-corrected chi connectivity index (χ4v) is 1.38. The summed E-state index contributed by atoms with van der Waals surface area (Å²) in [5, 5.41) is 8.71. The molecule has 2 unspecified atom stereocenters. The minimum atomic E-state index is -0.108. The van der Waals surface area contributed by atoms with Crippen molar-refractivity contribution < 1.29 is 9.53 Å². The number of hydrogen-bond acceptors (Lipinski definition) is 3. The first-order valence-corrected chi connectivity index (χ1v) is 5.75. The molecule has 0 rings (SSSR count). The van der Waals surface area contributed by atoms with Gasteiger partial charge >= 0.3 is 0 Å². The number of hydrogen-bond donors (Lipinski definition) is 0. The summed E-state index contributed by atoms with van der Waals surface area (Å²) in [5.41, 5.74) is 0. The maximum atomic E-state index is 11.8. The summed E-state index contributed by atoms with van der Waals surface area (Å²) in [5.74, 6) is -0.00255. The fourth-order valence-electron chi connectivity index (χ4n) is 1.38. The topological polar surface area (TPSA) is 53.3 Å². The van der Waals surface area contributed by atoms with Crippen LogP contribution in [0.4, 0.5) is 0 Å². The zero-order chi connectivity index (χ0) is 12.6. The van der Waals surface area contributed by atoms with Crippen molar-refractivity contribution in [2.75, 3.05) is 20.2 Å². The van der Waals surface area contributed by atoms with Crippen LogP contribution in [-0.4, -0.2) is 37.1 Å². The Hall–Kier alpha value is -1.08. The molecular formula is C12H22N2O2. The van der Waals surface area contributed by atoms with Crippen molar-refractivity contribution in [3.8, 4) is 6.07 Å². The van der Waals surface area contributed by atoms with Crippen molar-refractivity contribution in [1.29, 1.82) is 5.26 Å². The number of ether oxygens (including phenoxy) is 1. The molecule has 0 aliphatic carbocycles. The SMILES string of the molecule is CCN(CC(C)C#N)C(=O)CCC(C)OC. The molecule has 0 heterocycles. The van der Waals surface area contributed by atoms with Crippen LogP contribution in [-0.2, 0) is 9.53 Å². The van der Waals surface area contributed by atoms with E-state index in [0.717, 1.165) is 6.42 Å². The highest BCUT2D eigenvalue weighted by Gasteiger charge is 2.15. The maximum Gasteiger partial charge on any atom is 0.222 e. The molecule has 4 heteroatoms. The van der Waals surface area contributed by atoms with Crippen LogP contribution in [0.25, 0.3) is 0 Å². The zero-order valence-electron chi connectivity index (χ0n) is 10.7. The van der Waals surface area contributed by atoms with Crippen molar-refractivity contribution in [1.82, 2.24) is 4.90 Å². The van der Waals surface area contributed by atoms with E-state index in [0.29, 0.717) is 19.5 Å². The molecule has 16 heavy (non-hydrogen) atoms. The normalized spacial score (nSPS) is 13.9. The number of carbonyl (C=O) groups excluding carboxylic acids is 1. The summed E-state index contributed by atoms with van der Waals surface area (Å²) in [6.07, 6.45) is 1.32. The quantitative estimate of drug-likeness (QED) is 0.665. The Balaban J connectivity index is 4.07. The van der Waals surface area contributed by atoms with Gasteiger partial charge in [-0.05, 0) is 27.2 Å². The number of methoxy groups -OCH3 is 1. The van der Waals surface area contributed by atoms with Gasteiger partial charge in [0.05, 0.1) is 18.1 Å². The number of carbonyl (C=O) groups is 1. The van der Waals surface area contributed by atoms with Crippen LogP contribution in [0.1, 0.15) is 33.6 Å². The molecule has 0 spiro atoms. The summed E-state index contributed by atoms with van der Waals surface area (Å²) in [6, 6.07) is 2.14. The lowest BCUT2D eigenvalue weighted by Crippen LogP contribution is -2.34. The second-order valence-corrected chi connectivity index (χ2v) is 4.05. The largest absolute Gasteiger partial charge is 0.382 e. The Morgan fingerprint density at radius 2 is 2.12 bits per heavy atom. The number of rotatable bonds is 7. The highest BCUT2D eigenvalue weighted by molar-refractivity contribution is 5.76. The zero-order valence-corrected chi connectivity index (χ0v) is 10.7. The van der Waals surface area contributed by atoms with Gasteiger partial charge in [-0.2, -0.15) is 5.26 Å². The number of nitrogens with zero attached hydrogens (tertiary/aromatic N) is 2. The number of amides is 1. The van der Waals surface area contributed by atoms with E-state index in [9.17, 15) is 4.79 Å². The second-order valence-electron chi connectivity index (χ2n) is 4.05. The molecule has 0 bridgehead atoms. The molecule has 0 saturated heterocycles. The molecular weight excluding hydrogens is 204 g/mol. The molecule has 0 aliphatic heterocycles. The van der Waals surface area contributed by atoms with Crippen LogP contribution in [0, 0.1) is 17.2 Å². The molecule has 0 aromatic rings. The number of nitriles is 1. The van der Waals surface area contributed by atoms with Gasteiger partial charge in [-0.25, -0.2) is 0 Å². The summed E-state index contributed by atoms with van der Waals surface area (Å²) >= 11 is 0. The van der Waals surface area contributed by atoms with Crippen LogP contribution < -0.4 is 0 Å². The molecule has 4 nitrogen and oxygen atoms in total. The lowest BCUT2D eigenvalue weighted by Gasteiger charge is -2.22. The monoisotopic (exact) mass is 226 g/mol. The predicted molar refractivity (Wildman–Crippen MR) is 62.7 cm³/mol. The van der Waals surface area contributed by atoms with Gasteiger partial charge < -0.3 is 9.64 Å². The smallest absolute Gasteiger partial charge is 0.222 e. The summed E-state index contributed by atoms with van der Waals surface area (Å²) < 4.78 is 5.09. The third kappa shape index (κ3) is 5.72. The highest BCUT2D eigenvalue weighted by atomic mass is 16.5.